The number of phenols is 2. The Morgan fingerprint density at radius 2 is 1.85 bits per heavy atom. The van der Waals surface area contributed by atoms with Crippen LogP contribution in [-0.4, -0.2) is 34.5 Å². The molecule has 0 unspecified atom stereocenters. The largest absolute Gasteiger partial charge is 0.504 e. The highest BCUT2D eigenvalue weighted by atomic mass is 16.5. The molecule has 0 saturated carbocycles. The van der Waals surface area contributed by atoms with Crippen LogP contribution in [0.15, 0.2) is 12.1 Å². The van der Waals surface area contributed by atoms with Gasteiger partial charge in [0.1, 0.15) is 5.56 Å². The van der Waals surface area contributed by atoms with Crippen LogP contribution in [0.3, 0.4) is 0 Å². The summed E-state index contributed by atoms with van der Waals surface area (Å²) in [6, 6.07) is 2.85. The van der Waals surface area contributed by atoms with Gasteiger partial charge in [-0.1, -0.05) is 19.4 Å². The number of carbonyl (C=O) groups is 1. The van der Waals surface area contributed by atoms with E-state index in [1.165, 1.54) is 12.1 Å². The molecule has 0 saturated heterocycles. The highest BCUT2D eigenvalue weighted by molar-refractivity contribution is 5.93. The molecule has 0 fully saturated rings. The molecule has 0 atom stereocenters. The van der Waals surface area contributed by atoms with Crippen molar-refractivity contribution in [2.24, 2.45) is 0 Å². The molecule has 0 radical (unpaired) electrons. The molecule has 0 aliphatic carbocycles. The van der Waals surface area contributed by atoms with Crippen molar-refractivity contribution in [1.82, 2.24) is 0 Å². The van der Waals surface area contributed by atoms with Gasteiger partial charge in [0.25, 0.3) is 0 Å². The summed E-state index contributed by atoms with van der Waals surface area (Å²) in [5, 5.41) is 28.0. The maximum Gasteiger partial charge on any atom is 0.339 e. The second kappa shape index (κ2) is 8.43. The van der Waals surface area contributed by atoms with E-state index in [9.17, 15) is 15.0 Å². The summed E-state index contributed by atoms with van der Waals surface area (Å²) in [4.78, 5) is 11.1. The van der Waals surface area contributed by atoms with Crippen LogP contribution < -0.4 is 0 Å². The number of rotatable bonds is 9. The number of phenolic OH excluding ortho intramolecular Hbond substituents is 1. The van der Waals surface area contributed by atoms with E-state index in [0.29, 0.717) is 18.6 Å². The Hall–Kier alpha value is -1.75. The normalized spacial score (nSPS) is 10.7. The minimum atomic E-state index is -1.23. The van der Waals surface area contributed by atoms with Crippen molar-refractivity contribution in [3.8, 4) is 11.5 Å². The molecule has 0 aliphatic heterocycles. The molecule has 1 rings (SSSR count). The zero-order chi connectivity index (χ0) is 15.0. The number of unbranched alkanes of at least 4 members (excludes halogenated alkanes) is 2. The van der Waals surface area contributed by atoms with Crippen LogP contribution in [0.1, 0.15) is 48.5 Å². The third-order valence-electron chi connectivity index (χ3n) is 3.08. The molecule has 0 heterocycles. The monoisotopic (exact) mass is 282 g/mol. The molecular formula is C15H22O5. The van der Waals surface area contributed by atoms with Crippen molar-refractivity contribution in [3.63, 3.8) is 0 Å². The third kappa shape index (κ3) is 4.74. The number of aromatic hydroxyl groups is 2. The lowest BCUT2D eigenvalue weighted by molar-refractivity contribution is 0.0691. The summed E-state index contributed by atoms with van der Waals surface area (Å²) in [6.07, 6.45) is 4.30. The van der Waals surface area contributed by atoms with Crippen LogP contribution in [0.4, 0.5) is 0 Å². The minimum Gasteiger partial charge on any atom is -0.504 e. The number of aromatic carboxylic acids is 1. The highest BCUT2D eigenvalue weighted by Crippen LogP contribution is 2.32. The molecule has 112 valence electrons. The summed E-state index contributed by atoms with van der Waals surface area (Å²) in [5.74, 6) is -2.20. The highest BCUT2D eigenvalue weighted by Gasteiger charge is 2.18. The summed E-state index contributed by atoms with van der Waals surface area (Å²) >= 11 is 0. The average molecular weight is 282 g/mol. The van der Waals surface area contributed by atoms with Crippen molar-refractivity contribution < 1.29 is 24.9 Å². The van der Waals surface area contributed by atoms with Crippen molar-refractivity contribution in [2.45, 2.75) is 39.0 Å². The quantitative estimate of drug-likeness (QED) is 0.479. The van der Waals surface area contributed by atoms with E-state index in [1.54, 1.807) is 0 Å². The minimum absolute atomic E-state index is 0.211. The van der Waals surface area contributed by atoms with Crippen LogP contribution >= 0.6 is 0 Å². The maximum atomic E-state index is 11.1. The van der Waals surface area contributed by atoms with Crippen molar-refractivity contribution in [3.05, 3.63) is 23.3 Å². The predicted molar refractivity (Wildman–Crippen MR) is 75.4 cm³/mol. The van der Waals surface area contributed by atoms with Gasteiger partial charge in [0, 0.05) is 13.2 Å². The molecule has 5 nitrogen and oxygen atoms in total. The lowest BCUT2D eigenvalue weighted by Crippen LogP contribution is -2.04. The molecule has 0 amide bonds. The predicted octanol–water partition coefficient (Wildman–Crippen LogP) is 2.94. The van der Waals surface area contributed by atoms with E-state index in [4.69, 9.17) is 9.84 Å². The number of carboxylic acids is 1. The van der Waals surface area contributed by atoms with Gasteiger partial charge >= 0.3 is 5.97 Å². The second-order valence-electron chi connectivity index (χ2n) is 4.70. The Kier molecular flexibility index (Phi) is 6.87. The summed E-state index contributed by atoms with van der Waals surface area (Å²) < 4.78 is 5.43. The third-order valence-corrected chi connectivity index (χ3v) is 3.08. The number of hydrogen-bond donors (Lipinski definition) is 3. The molecule has 3 N–H and O–H groups in total. The van der Waals surface area contributed by atoms with Gasteiger partial charge in [-0.3, -0.25) is 0 Å². The first kappa shape index (κ1) is 16.3. The number of benzene rings is 1. The fourth-order valence-corrected chi connectivity index (χ4v) is 1.94. The first-order chi connectivity index (χ1) is 9.57. The smallest absolute Gasteiger partial charge is 0.339 e. The van der Waals surface area contributed by atoms with Crippen LogP contribution in [0.2, 0.25) is 0 Å². The molecule has 0 aromatic heterocycles. The zero-order valence-electron chi connectivity index (χ0n) is 11.8. The zero-order valence-corrected chi connectivity index (χ0v) is 11.8. The van der Waals surface area contributed by atoms with Crippen LogP contribution in [-0.2, 0) is 11.2 Å². The van der Waals surface area contributed by atoms with Gasteiger partial charge < -0.3 is 20.1 Å². The topological polar surface area (TPSA) is 87.0 Å². The van der Waals surface area contributed by atoms with Gasteiger partial charge in [-0.05, 0) is 37.3 Å². The Morgan fingerprint density at radius 1 is 1.15 bits per heavy atom. The summed E-state index contributed by atoms with van der Waals surface area (Å²) in [6.45, 7) is 3.53. The summed E-state index contributed by atoms with van der Waals surface area (Å²) in [7, 11) is 0. The molecule has 20 heavy (non-hydrogen) atoms. The first-order valence-electron chi connectivity index (χ1n) is 6.92. The van der Waals surface area contributed by atoms with E-state index in [0.717, 1.165) is 32.3 Å². The molecule has 1 aromatic carbocycles. The molecule has 0 bridgehead atoms. The SMILES string of the molecule is CCCCOCCCCc1ccc(O)c(O)c1C(=O)O. The summed E-state index contributed by atoms with van der Waals surface area (Å²) in [5.41, 5.74) is 0.318. The van der Waals surface area contributed by atoms with E-state index in [-0.39, 0.29) is 5.56 Å². The van der Waals surface area contributed by atoms with Crippen LogP contribution in [0.25, 0.3) is 0 Å². The Labute approximate surface area is 118 Å². The number of ether oxygens (including phenoxy) is 1. The standard InChI is InChI=1S/C15H22O5/c1-2-3-9-20-10-5-4-6-11-7-8-12(16)14(17)13(11)15(18)19/h7-8,16-17H,2-6,9-10H2,1H3,(H,18,19). The van der Waals surface area contributed by atoms with E-state index in [2.05, 4.69) is 6.92 Å². The van der Waals surface area contributed by atoms with Gasteiger partial charge in [-0.25, -0.2) is 4.79 Å². The van der Waals surface area contributed by atoms with Crippen molar-refractivity contribution >= 4 is 5.97 Å². The number of aryl methyl sites for hydroxylation is 1. The fraction of sp³-hybridized carbons (Fsp3) is 0.533. The lowest BCUT2D eigenvalue weighted by Gasteiger charge is -2.09. The van der Waals surface area contributed by atoms with Crippen molar-refractivity contribution in [1.29, 1.82) is 0 Å². The average Bonchev–Trinajstić information content (AvgIpc) is 2.41. The van der Waals surface area contributed by atoms with E-state index >= 15 is 0 Å². The van der Waals surface area contributed by atoms with Crippen molar-refractivity contribution in [2.75, 3.05) is 13.2 Å². The molecule has 5 heteroatoms. The van der Waals surface area contributed by atoms with Gasteiger partial charge in [0.05, 0.1) is 0 Å². The van der Waals surface area contributed by atoms with Gasteiger partial charge in [-0.15, -0.1) is 0 Å². The maximum absolute atomic E-state index is 11.1. The number of hydrogen-bond acceptors (Lipinski definition) is 4. The van der Waals surface area contributed by atoms with Crippen LogP contribution in [0.5, 0.6) is 11.5 Å². The van der Waals surface area contributed by atoms with E-state index < -0.39 is 17.5 Å². The first-order valence-corrected chi connectivity index (χ1v) is 6.92. The van der Waals surface area contributed by atoms with Gasteiger partial charge in [0.15, 0.2) is 11.5 Å². The Balaban J connectivity index is 2.48. The van der Waals surface area contributed by atoms with E-state index in [1.807, 2.05) is 0 Å². The van der Waals surface area contributed by atoms with Gasteiger partial charge in [-0.2, -0.15) is 0 Å². The Bertz CT molecular complexity index is 442. The lowest BCUT2D eigenvalue weighted by atomic mass is 10.0. The van der Waals surface area contributed by atoms with Crippen LogP contribution in [0, 0.1) is 0 Å². The molecular weight excluding hydrogens is 260 g/mol. The molecule has 1 aromatic rings. The number of carboxylic acid groups (broad SMARTS) is 1. The molecule has 0 aliphatic rings. The Morgan fingerprint density at radius 3 is 2.50 bits per heavy atom. The molecule has 0 spiro atoms. The fourth-order valence-electron chi connectivity index (χ4n) is 1.94. The van der Waals surface area contributed by atoms with Gasteiger partial charge in [0.2, 0.25) is 0 Å². The second-order valence-corrected chi connectivity index (χ2v) is 4.70.